The smallest absolute Gasteiger partial charge is 0.407 e. The van der Waals surface area contributed by atoms with Gasteiger partial charge in [-0.3, -0.25) is 0 Å². The Bertz CT molecular complexity index is 409. The minimum Gasteiger partial charge on any atom is -0.508 e. The lowest BCUT2D eigenvalue weighted by atomic mass is 10.0. The van der Waals surface area contributed by atoms with Gasteiger partial charge in [0.05, 0.1) is 11.6 Å². The van der Waals surface area contributed by atoms with E-state index in [0.29, 0.717) is 0 Å². The van der Waals surface area contributed by atoms with E-state index < -0.39 is 23.5 Å². The first kappa shape index (κ1) is 11.3. The SMILES string of the molecule is N#Cc1ccc(O)c([C@@H](N)C(F)(F)F)c1. The summed E-state index contributed by atoms with van der Waals surface area (Å²) in [5.74, 6) is -0.571. The molecule has 0 radical (unpaired) electrons. The average Bonchev–Trinajstić information content (AvgIpc) is 2.16. The lowest BCUT2D eigenvalue weighted by Crippen LogP contribution is -2.28. The van der Waals surface area contributed by atoms with Gasteiger partial charge in [-0.2, -0.15) is 18.4 Å². The fourth-order valence-electron chi connectivity index (χ4n) is 1.05. The summed E-state index contributed by atoms with van der Waals surface area (Å²) in [6.45, 7) is 0. The molecule has 1 rings (SSSR count). The molecule has 0 amide bonds. The second-order valence-electron chi connectivity index (χ2n) is 2.90. The lowest BCUT2D eigenvalue weighted by Gasteiger charge is -2.16. The molecule has 1 aromatic carbocycles. The molecular formula is C9H7F3N2O. The summed E-state index contributed by atoms with van der Waals surface area (Å²) < 4.78 is 36.7. The average molecular weight is 216 g/mol. The minimum absolute atomic E-state index is 0.0162. The van der Waals surface area contributed by atoms with Crippen LogP contribution in [0.1, 0.15) is 17.2 Å². The van der Waals surface area contributed by atoms with Crippen molar-refractivity contribution in [2.45, 2.75) is 12.2 Å². The summed E-state index contributed by atoms with van der Waals surface area (Å²) in [5, 5.41) is 17.7. The summed E-state index contributed by atoms with van der Waals surface area (Å²) in [7, 11) is 0. The zero-order valence-electron chi connectivity index (χ0n) is 7.42. The molecule has 1 atom stereocenters. The van der Waals surface area contributed by atoms with Crippen molar-refractivity contribution >= 4 is 0 Å². The topological polar surface area (TPSA) is 70.0 Å². The molecule has 1 aromatic rings. The minimum atomic E-state index is -4.65. The van der Waals surface area contributed by atoms with Crippen LogP contribution < -0.4 is 5.73 Å². The molecule has 0 aromatic heterocycles. The van der Waals surface area contributed by atoms with E-state index in [9.17, 15) is 18.3 Å². The van der Waals surface area contributed by atoms with Crippen LogP contribution in [0.2, 0.25) is 0 Å². The van der Waals surface area contributed by atoms with Crippen molar-refractivity contribution in [3.8, 4) is 11.8 Å². The van der Waals surface area contributed by atoms with Gasteiger partial charge >= 0.3 is 6.18 Å². The van der Waals surface area contributed by atoms with Crippen molar-refractivity contribution in [2.75, 3.05) is 0 Å². The van der Waals surface area contributed by atoms with Crippen LogP contribution in [0.25, 0.3) is 0 Å². The number of nitrogens with two attached hydrogens (primary N) is 1. The number of nitrogens with zero attached hydrogens (tertiary/aromatic N) is 1. The van der Waals surface area contributed by atoms with E-state index in [-0.39, 0.29) is 5.56 Å². The third-order valence-corrected chi connectivity index (χ3v) is 1.84. The molecule has 0 heterocycles. The summed E-state index contributed by atoms with van der Waals surface area (Å²) in [4.78, 5) is 0. The van der Waals surface area contributed by atoms with E-state index in [1.807, 2.05) is 0 Å². The maximum absolute atomic E-state index is 12.2. The highest BCUT2D eigenvalue weighted by Crippen LogP contribution is 2.35. The van der Waals surface area contributed by atoms with Crippen molar-refractivity contribution < 1.29 is 18.3 Å². The number of benzene rings is 1. The number of phenolic OH excluding ortho intramolecular Hbond substituents is 1. The van der Waals surface area contributed by atoms with Crippen LogP contribution >= 0.6 is 0 Å². The lowest BCUT2D eigenvalue weighted by molar-refractivity contribution is -0.149. The van der Waals surface area contributed by atoms with Crippen LogP contribution in [0, 0.1) is 11.3 Å². The van der Waals surface area contributed by atoms with Gasteiger partial charge in [-0.05, 0) is 18.2 Å². The van der Waals surface area contributed by atoms with Gasteiger partial charge in [-0.25, -0.2) is 0 Å². The van der Waals surface area contributed by atoms with Crippen LogP contribution in [0.5, 0.6) is 5.75 Å². The molecule has 0 aliphatic rings. The summed E-state index contributed by atoms with van der Waals surface area (Å²) in [6.07, 6.45) is -4.65. The van der Waals surface area contributed by atoms with Gasteiger partial charge in [0.15, 0.2) is 0 Å². The van der Waals surface area contributed by atoms with Gasteiger partial charge in [0, 0.05) is 5.56 Å². The van der Waals surface area contributed by atoms with Crippen LogP contribution in [-0.4, -0.2) is 11.3 Å². The van der Waals surface area contributed by atoms with E-state index in [1.54, 1.807) is 6.07 Å². The van der Waals surface area contributed by atoms with Gasteiger partial charge in [0.25, 0.3) is 0 Å². The Hall–Kier alpha value is -1.74. The quantitative estimate of drug-likeness (QED) is 0.752. The molecule has 0 saturated heterocycles. The first-order valence-corrected chi connectivity index (χ1v) is 3.91. The number of halogens is 3. The van der Waals surface area contributed by atoms with Gasteiger partial charge in [-0.1, -0.05) is 0 Å². The van der Waals surface area contributed by atoms with Crippen LogP contribution in [0.15, 0.2) is 18.2 Å². The molecule has 6 heteroatoms. The first-order valence-electron chi connectivity index (χ1n) is 3.91. The molecule has 0 aliphatic carbocycles. The van der Waals surface area contributed by atoms with Gasteiger partial charge in [0.2, 0.25) is 0 Å². The molecule has 15 heavy (non-hydrogen) atoms. The number of hydrogen-bond donors (Lipinski definition) is 2. The summed E-state index contributed by atoms with van der Waals surface area (Å²) in [5.41, 5.74) is 4.42. The Balaban J connectivity index is 3.20. The van der Waals surface area contributed by atoms with E-state index in [1.165, 1.54) is 6.07 Å². The molecular weight excluding hydrogens is 209 g/mol. The Labute approximate surface area is 83.5 Å². The summed E-state index contributed by atoms with van der Waals surface area (Å²) in [6, 6.07) is 2.53. The third-order valence-electron chi connectivity index (χ3n) is 1.84. The largest absolute Gasteiger partial charge is 0.508 e. The van der Waals surface area contributed by atoms with Gasteiger partial charge in [0.1, 0.15) is 11.8 Å². The zero-order chi connectivity index (χ0) is 11.6. The molecule has 80 valence electrons. The molecule has 3 N–H and O–H groups in total. The number of hydrogen-bond acceptors (Lipinski definition) is 3. The molecule has 3 nitrogen and oxygen atoms in total. The fourth-order valence-corrected chi connectivity index (χ4v) is 1.05. The van der Waals surface area contributed by atoms with Crippen molar-refractivity contribution in [2.24, 2.45) is 5.73 Å². The van der Waals surface area contributed by atoms with Crippen LogP contribution in [0.3, 0.4) is 0 Å². The van der Waals surface area contributed by atoms with Crippen molar-refractivity contribution in [3.63, 3.8) is 0 Å². The number of rotatable bonds is 1. The Morgan fingerprint density at radius 1 is 1.40 bits per heavy atom. The van der Waals surface area contributed by atoms with Crippen molar-refractivity contribution in [1.29, 1.82) is 5.26 Å². The van der Waals surface area contributed by atoms with Gasteiger partial charge < -0.3 is 10.8 Å². The molecule has 0 aliphatic heterocycles. The maximum Gasteiger partial charge on any atom is 0.407 e. The van der Waals surface area contributed by atoms with E-state index in [4.69, 9.17) is 11.0 Å². The zero-order valence-corrected chi connectivity index (χ0v) is 7.42. The number of nitriles is 1. The molecule has 0 saturated carbocycles. The number of alkyl halides is 3. The monoisotopic (exact) mass is 216 g/mol. The first-order chi connectivity index (χ1) is 6.86. The fraction of sp³-hybridized carbons (Fsp3) is 0.222. The third kappa shape index (κ3) is 2.39. The molecule has 0 unspecified atom stereocenters. The van der Waals surface area contributed by atoms with Gasteiger partial charge in [-0.15, -0.1) is 0 Å². The molecule has 0 fully saturated rings. The Morgan fingerprint density at radius 2 is 2.00 bits per heavy atom. The summed E-state index contributed by atoms with van der Waals surface area (Å²) >= 11 is 0. The Morgan fingerprint density at radius 3 is 2.47 bits per heavy atom. The predicted octanol–water partition coefficient (Wildman–Crippen LogP) is 1.83. The van der Waals surface area contributed by atoms with Crippen LogP contribution in [0.4, 0.5) is 13.2 Å². The van der Waals surface area contributed by atoms with E-state index in [0.717, 1.165) is 12.1 Å². The molecule has 0 spiro atoms. The molecule has 0 bridgehead atoms. The van der Waals surface area contributed by atoms with E-state index in [2.05, 4.69) is 0 Å². The van der Waals surface area contributed by atoms with Crippen LogP contribution in [-0.2, 0) is 0 Å². The highest BCUT2D eigenvalue weighted by Gasteiger charge is 2.39. The van der Waals surface area contributed by atoms with Crippen molar-refractivity contribution in [3.05, 3.63) is 29.3 Å². The standard InChI is InChI=1S/C9H7F3N2O/c10-9(11,12)8(14)6-3-5(4-13)1-2-7(6)15/h1-3,8,15H,14H2/t8-/m1/s1. The maximum atomic E-state index is 12.2. The van der Waals surface area contributed by atoms with E-state index >= 15 is 0 Å². The normalized spacial score (nSPS) is 13.3. The number of phenols is 1. The second kappa shape index (κ2) is 3.79. The number of aromatic hydroxyl groups is 1. The highest BCUT2D eigenvalue weighted by molar-refractivity contribution is 5.43. The highest BCUT2D eigenvalue weighted by atomic mass is 19.4. The second-order valence-corrected chi connectivity index (χ2v) is 2.90. The predicted molar refractivity (Wildman–Crippen MR) is 45.8 cm³/mol. The van der Waals surface area contributed by atoms with Crippen molar-refractivity contribution in [1.82, 2.24) is 0 Å². The Kier molecular flexibility index (Phi) is 2.86.